The summed E-state index contributed by atoms with van der Waals surface area (Å²) in [4.78, 5) is 13.1. The molecule has 2 heterocycles. The fourth-order valence-corrected chi connectivity index (χ4v) is 3.12. The highest BCUT2D eigenvalue weighted by atomic mass is 32.1. The fourth-order valence-electron chi connectivity index (χ4n) is 2.27. The van der Waals surface area contributed by atoms with Gasteiger partial charge in [0.2, 0.25) is 5.91 Å². The lowest BCUT2D eigenvalue weighted by Gasteiger charge is -2.05. The molecule has 0 aromatic carbocycles. The molecule has 0 aliphatic carbocycles. The van der Waals surface area contributed by atoms with E-state index in [1.54, 1.807) is 11.3 Å². The summed E-state index contributed by atoms with van der Waals surface area (Å²) < 4.78 is 1.87. The van der Waals surface area contributed by atoms with E-state index in [0.29, 0.717) is 13.0 Å². The number of amides is 1. The Kier molecular flexibility index (Phi) is 4.60. The highest BCUT2D eigenvalue weighted by molar-refractivity contribution is 7.10. The number of rotatable bonds is 5. The summed E-state index contributed by atoms with van der Waals surface area (Å²) in [5.74, 6) is 0.0976. The molecule has 2 aromatic heterocycles. The Morgan fingerprint density at radius 1 is 1.40 bits per heavy atom. The van der Waals surface area contributed by atoms with Gasteiger partial charge in [-0.05, 0) is 49.8 Å². The zero-order valence-electron chi connectivity index (χ0n) is 12.5. The van der Waals surface area contributed by atoms with Crippen LogP contribution in [0, 0.1) is 20.8 Å². The first kappa shape index (κ1) is 14.8. The second kappa shape index (κ2) is 6.22. The lowest BCUT2D eigenvalue weighted by molar-refractivity contribution is -0.121. The van der Waals surface area contributed by atoms with Crippen LogP contribution in [0.25, 0.3) is 0 Å². The number of aryl methyl sites for hydroxylation is 3. The van der Waals surface area contributed by atoms with E-state index in [4.69, 9.17) is 0 Å². The number of nitrogens with zero attached hydrogens (tertiary/aromatic N) is 2. The maximum absolute atomic E-state index is 11.9. The SMILES string of the molecule is Cc1ccsc1CNC(=O)CCc1c(C)nn(C)c1C. The third-order valence-corrected chi connectivity index (χ3v) is 4.70. The monoisotopic (exact) mass is 291 g/mol. The summed E-state index contributed by atoms with van der Waals surface area (Å²) in [6.45, 7) is 6.74. The number of hydrogen-bond acceptors (Lipinski definition) is 3. The average Bonchev–Trinajstić information content (AvgIpc) is 2.91. The average molecular weight is 291 g/mol. The molecule has 1 amide bonds. The Hall–Kier alpha value is -1.62. The molecule has 2 aromatic rings. The largest absolute Gasteiger partial charge is 0.351 e. The summed E-state index contributed by atoms with van der Waals surface area (Å²) in [5.41, 5.74) is 4.60. The minimum Gasteiger partial charge on any atom is -0.351 e. The number of carbonyl (C=O) groups excluding carboxylic acids is 1. The second-order valence-corrected chi connectivity index (χ2v) is 6.08. The first-order valence-corrected chi connectivity index (χ1v) is 7.65. The molecule has 0 radical (unpaired) electrons. The van der Waals surface area contributed by atoms with Crippen molar-refractivity contribution in [3.63, 3.8) is 0 Å². The second-order valence-electron chi connectivity index (χ2n) is 5.08. The third-order valence-electron chi connectivity index (χ3n) is 3.68. The van der Waals surface area contributed by atoms with Crippen LogP contribution in [0.2, 0.25) is 0 Å². The predicted octanol–water partition coefficient (Wildman–Crippen LogP) is 2.66. The number of aromatic nitrogens is 2. The van der Waals surface area contributed by atoms with Gasteiger partial charge in [-0.25, -0.2) is 0 Å². The van der Waals surface area contributed by atoms with Crippen LogP contribution in [0.5, 0.6) is 0 Å². The van der Waals surface area contributed by atoms with Crippen molar-refractivity contribution >= 4 is 17.2 Å². The van der Waals surface area contributed by atoms with Crippen LogP contribution >= 0.6 is 11.3 Å². The van der Waals surface area contributed by atoms with Crippen molar-refractivity contribution in [2.75, 3.05) is 0 Å². The lowest BCUT2D eigenvalue weighted by atomic mass is 10.1. The van der Waals surface area contributed by atoms with E-state index < -0.39 is 0 Å². The third kappa shape index (κ3) is 3.28. The molecule has 0 unspecified atom stereocenters. The quantitative estimate of drug-likeness (QED) is 0.920. The molecular weight excluding hydrogens is 270 g/mol. The van der Waals surface area contributed by atoms with Crippen molar-refractivity contribution in [3.05, 3.63) is 38.8 Å². The van der Waals surface area contributed by atoms with Gasteiger partial charge in [-0.2, -0.15) is 5.10 Å². The number of nitrogens with one attached hydrogen (secondary N) is 1. The van der Waals surface area contributed by atoms with Crippen LogP contribution in [-0.2, 0) is 24.8 Å². The Morgan fingerprint density at radius 3 is 2.70 bits per heavy atom. The van der Waals surface area contributed by atoms with Crippen molar-refractivity contribution in [1.82, 2.24) is 15.1 Å². The van der Waals surface area contributed by atoms with Gasteiger partial charge in [-0.1, -0.05) is 0 Å². The van der Waals surface area contributed by atoms with Crippen molar-refractivity contribution in [1.29, 1.82) is 0 Å². The minimum absolute atomic E-state index is 0.0976. The summed E-state index contributed by atoms with van der Waals surface area (Å²) in [7, 11) is 1.94. The zero-order chi connectivity index (χ0) is 14.7. The summed E-state index contributed by atoms with van der Waals surface area (Å²) in [6, 6.07) is 2.08. The molecule has 0 aliphatic heterocycles. The highest BCUT2D eigenvalue weighted by Gasteiger charge is 2.11. The highest BCUT2D eigenvalue weighted by Crippen LogP contribution is 2.16. The van der Waals surface area contributed by atoms with E-state index >= 15 is 0 Å². The standard InChI is InChI=1S/C15H21N3OS/c1-10-7-8-20-14(10)9-16-15(19)6-5-13-11(2)17-18(4)12(13)3/h7-8H,5-6,9H2,1-4H3,(H,16,19). The molecule has 5 heteroatoms. The Balaban J connectivity index is 1.85. The van der Waals surface area contributed by atoms with E-state index in [2.05, 4.69) is 28.8 Å². The zero-order valence-corrected chi connectivity index (χ0v) is 13.3. The molecule has 0 saturated carbocycles. The summed E-state index contributed by atoms with van der Waals surface area (Å²) >= 11 is 1.69. The van der Waals surface area contributed by atoms with E-state index in [9.17, 15) is 4.79 Å². The maximum Gasteiger partial charge on any atom is 0.220 e. The Labute approximate surface area is 123 Å². The van der Waals surface area contributed by atoms with E-state index in [1.807, 2.05) is 25.6 Å². The first-order chi connectivity index (χ1) is 9.49. The molecule has 20 heavy (non-hydrogen) atoms. The molecule has 0 aliphatic rings. The van der Waals surface area contributed by atoms with Crippen molar-refractivity contribution in [2.45, 2.75) is 40.2 Å². The van der Waals surface area contributed by atoms with Gasteiger partial charge in [0, 0.05) is 24.0 Å². The molecule has 108 valence electrons. The Morgan fingerprint density at radius 2 is 2.15 bits per heavy atom. The van der Waals surface area contributed by atoms with Crippen LogP contribution in [0.1, 0.15) is 33.8 Å². The molecule has 4 nitrogen and oxygen atoms in total. The van der Waals surface area contributed by atoms with Crippen molar-refractivity contribution in [2.24, 2.45) is 7.05 Å². The number of carbonyl (C=O) groups is 1. The minimum atomic E-state index is 0.0976. The molecular formula is C15H21N3OS. The van der Waals surface area contributed by atoms with Gasteiger partial charge < -0.3 is 5.32 Å². The topological polar surface area (TPSA) is 46.9 Å². The van der Waals surface area contributed by atoms with Gasteiger partial charge in [-0.3, -0.25) is 9.48 Å². The molecule has 0 fully saturated rings. The summed E-state index contributed by atoms with van der Waals surface area (Å²) in [5, 5.41) is 9.41. The van der Waals surface area contributed by atoms with Gasteiger partial charge in [0.1, 0.15) is 0 Å². The van der Waals surface area contributed by atoms with E-state index in [1.165, 1.54) is 16.0 Å². The van der Waals surface area contributed by atoms with Gasteiger partial charge in [0.15, 0.2) is 0 Å². The molecule has 0 spiro atoms. The van der Waals surface area contributed by atoms with Crippen LogP contribution in [0.15, 0.2) is 11.4 Å². The van der Waals surface area contributed by atoms with Crippen LogP contribution in [-0.4, -0.2) is 15.7 Å². The molecule has 2 rings (SSSR count). The number of thiophene rings is 1. The smallest absolute Gasteiger partial charge is 0.220 e. The molecule has 1 N–H and O–H groups in total. The number of hydrogen-bond donors (Lipinski definition) is 1. The maximum atomic E-state index is 11.9. The van der Waals surface area contributed by atoms with Gasteiger partial charge in [-0.15, -0.1) is 11.3 Å². The molecule has 0 bridgehead atoms. The van der Waals surface area contributed by atoms with E-state index in [0.717, 1.165) is 17.8 Å². The molecule has 0 saturated heterocycles. The van der Waals surface area contributed by atoms with Gasteiger partial charge >= 0.3 is 0 Å². The van der Waals surface area contributed by atoms with Crippen molar-refractivity contribution < 1.29 is 4.79 Å². The summed E-state index contributed by atoms with van der Waals surface area (Å²) in [6.07, 6.45) is 1.26. The normalized spacial score (nSPS) is 10.8. The van der Waals surface area contributed by atoms with Crippen molar-refractivity contribution in [3.8, 4) is 0 Å². The van der Waals surface area contributed by atoms with Crippen LogP contribution in [0.3, 0.4) is 0 Å². The van der Waals surface area contributed by atoms with Gasteiger partial charge in [0.05, 0.1) is 12.2 Å². The molecule has 0 atom stereocenters. The van der Waals surface area contributed by atoms with Crippen LogP contribution in [0.4, 0.5) is 0 Å². The van der Waals surface area contributed by atoms with Crippen LogP contribution < -0.4 is 5.32 Å². The Bertz CT molecular complexity index is 613. The fraction of sp³-hybridized carbons (Fsp3) is 0.467. The lowest BCUT2D eigenvalue weighted by Crippen LogP contribution is -2.23. The van der Waals surface area contributed by atoms with E-state index in [-0.39, 0.29) is 5.91 Å². The predicted molar refractivity (Wildman–Crippen MR) is 81.9 cm³/mol. The first-order valence-electron chi connectivity index (χ1n) is 6.77. The van der Waals surface area contributed by atoms with Gasteiger partial charge in [0.25, 0.3) is 0 Å².